The van der Waals surface area contributed by atoms with Crippen LogP contribution in [-0.4, -0.2) is 48.3 Å². The van der Waals surface area contributed by atoms with E-state index in [1.807, 2.05) is 6.07 Å². The fourth-order valence-electron chi connectivity index (χ4n) is 3.98. The molecule has 0 aromatic heterocycles. The number of β-amino-alcohol motifs (C(OH)–C–C–N with tert-alkyl or cyclic N) is 1. The van der Waals surface area contributed by atoms with Gasteiger partial charge in [-0.25, -0.2) is 0 Å². The minimum Gasteiger partial charge on any atom is -0.391 e. The van der Waals surface area contributed by atoms with Crippen molar-refractivity contribution in [1.82, 2.24) is 4.90 Å². The van der Waals surface area contributed by atoms with Crippen LogP contribution in [0.5, 0.6) is 0 Å². The van der Waals surface area contributed by atoms with Crippen molar-refractivity contribution in [3.8, 4) is 6.07 Å². The highest BCUT2D eigenvalue weighted by Crippen LogP contribution is 2.40. The lowest BCUT2D eigenvalue weighted by molar-refractivity contribution is -0.141. The monoisotopic (exact) mass is 382 g/mol. The van der Waals surface area contributed by atoms with Crippen molar-refractivity contribution >= 4 is 5.91 Å². The van der Waals surface area contributed by atoms with E-state index in [4.69, 9.17) is 10.00 Å². The Bertz CT molecular complexity index is 738. The van der Waals surface area contributed by atoms with Crippen LogP contribution in [-0.2, 0) is 21.1 Å². The van der Waals surface area contributed by atoms with E-state index in [1.165, 1.54) is 11.0 Å². The van der Waals surface area contributed by atoms with Gasteiger partial charge in [-0.2, -0.15) is 18.4 Å². The standard InChI is InChI=1S/C19H21F3N2O3/c20-19(21,22)15-3-1-2-14(10-15)18(5-8-27-9-6-18)17(26)24-11-13(4-7-23)16(25)12-24/h1-3,10,13,16,25H,4-6,8-9,11-12H2/t13-,16-/m1/s1. The molecule has 1 N–H and O–H groups in total. The molecule has 1 aromatic rings. The summed E-state index contributed by atoms with van der Waals surface area (Å²) in [5.41, 5.74) is -1.58. The Morgan fingerprint density at radius 2 is 2.04 bits per heavy atom. The second-order valence-corrected chi connectivity index (χ2v) is 7.17. The molecule has 1 amide bonds. The molecule has 1 aromatic carbocycles. The summed E-state index contributed by atoms with van der Waals surface area (Å²) in [4.78, 5) is 14.9. The van der Waals surface area contributed by atoms with Crippen LogP contribution >= 0.6 is 0 Å². The number of hydrogen-bond acceptors (Lipinski definition) is 4. The van der Waals surface area contributed by atoms with Gasteiger partial charge in [0.15, 0.2) is 0 Å². The number of hydrogen-bond donors (Lipinski definition) is 1. The average Bonchev–Trinajstić information content (AvgIpc) is 3.02. The van der Waals surface area contributed by atoms with Crippen molar-refractivity contribution in [2.24, 2.45) is 5.92 Å². The van der Waals surface area contributed by atoms with Gasteiger partial charge in [-0.15, -0.1) is 0 Å². The van der Waals surface area contributed by atoms with Gasteiger partial charge in [-0.1, -0.05) is 18.2 Å². The fourth-order valence-corrected chi connectivity index (χ4v) is 3.98. The molecule has 0 aliphatic carbocycles. The zero-order valence-electron chi connectivity index (χ0n) is 14.7. The second-order valence-electron chi connectivity index (χ2n) is 7.17. The van der Waals surface area contributed by atoms with Gasteiger partial charge >= 0.3 is 6.18 Å². The number of halogens is 3. The molecule has 5 nitrogen and oxygen atoms in total. The summed E-state index contributed by atoms with van der Waals surface area (Å²) in [6.45, 7) is 0.877. The molecule has 0 bridgehead atoms. The minimum atomic E-state index is -4.49. The Morgan fingerprint density at radius 1 is 1.33 bits per heavy atom. The largest absolute Gasteiger partial charge is 0.416 e. The molecule has 2 heterocycles. The molecule has 0 radical (unpaired) electrons. The Hall–Kier alpha value is -2.11. The summed E-state index contributed by atoms with van der Waals surface area (Å²) in [6, 6.07) is 6.91. The number of likely N-dealkylation sites (tertiary alicyclic amines) is 1. The van der Waals surface area contributed by atoms with Gasteiger partial charge < -0.3 is 14.7 Å². The number of carbonyl (C=O) groups excluding carboxylic acids is 1. The molecule has 8 heteroatoms. The van der Waals surface area contributed by atoms with Crippen molar-refractivity contribution in [2.75, 3.05) is 26.3 Å². The first-order valence-electron chi connectivity index (χ1n) is 8.88. The molecular formula is C19H21F3N2O3. The normalized spacial score (nSPS) is 25.2. The minimum absolute atomic E-state index is 0.0900. The fraction of sp³-hybridized carbons (Fsp3) is 0.579. The van der Waals surface area contributed by atoms with E-state index in [1.54, 1.807) is 6.07 Å². The van der Waals surface area contributed by atoms with Gasteiger partial charge in [-0.05, 0) is 24.5 Å². The number of aliphatic hydroxyl groups excluding tert-OH is 1. The highest BCUT2D eigenvalue weighted by Gasteiger charge is 2.47. The zero-order valence-corrected chi connectivity index (χ0v) is 14.7. The van der Waals surface area contributed by atoms with Gasteiger partial charge in [0.05, 0.1) is 23.2 Å². The number of benzene rings is 1. The number of nitriles is 1. The van der Waals surface area contributed by atoms with Crippen molar-refractivity contribution in [2.45, 2.75) is 37.0 Å². The molecular weight excluding hydrogens is 361 g/mol. The first-order chi connectivity index (χ1) is 12.8. The van der Waals surface area contributed by atoms with Crippen molar-refractivity contribution in [3.05, 3.63) is 35.4 Å². The number of ether oxygens (including phenoxy) is 1. The topological polar surface area (TPSA) is 73.6 Å². The van der Waals surface area contributed by atoms with Crippen LogP contribution < -0.4 is 0 Å². The van der Waals surface area contributed by atoms with Gasteiger partial charge in [0, 0.05) is 38.6 Å². The summed E-state index contributed by atoms with van der Waals surface area (Å²) in [5.74, 6) is -0.637. The predicted octanol–water partition coefficient (Wildman–Crippen LogP) is 2.49. The zero-order chi connectivity index (χ0) is 19.7. The van der Waals surface area contributed by atoms with Crippen molar-refractivity contribution in [1.29, 1.82) is 5.26 Å². The number of carbonyl (C=O) groups is 1. The van der Waals surface area contributed by atoms with Crippen LogP contribution in [0.15, 0.2) is 24.3 Å². The van der Waals surface area contributed by atoms with Crippen LogP contribution in [0.3, 0.4) is 0 Å². The van der Waals surface area contributed by atoms with Crippen LogP contribution in [0.4, 0.5) is 13.2 Å². The first-order valence-corrected chi connectivity index (χ1v) is 8.88. The molecule has 2 fully saturated rings. The number of amides is 1. The van der Waals surface area contributed by atoms with E-state index in [0.717, 1.165) is 12.1 Å². The molecule has 2 saturated heterocycles. The number of alkyl halides is 3. The Labute approximate surface area is 155 Å². The van der Waals surface area contributed by atoms with Gasteiger partial charge in [0.25, 0.3) is 0 Å². The molecule has 3 rings (SSSR count). The Kier molecular flexibility index (Phi) is 5.45. The molecule has 0 unspecified atom stereocenters. The third kappa shape index (κ3) is 3.80. The number of nitrogens with zero attached hydrogens (tertiary/aromatic N) is 2. The predicted molar refractivity (Wildman–Crippen MR) is 89.5 cm³/mol. The average molecular weight is 382 g/mol. The number of rotatable bonds is 3. The quantitative estimate of drug-likeness (QED) is 0.872. The smallest absolute Gasteiger partial charge is 0.391 e. The van der Waals surface area contributed by atoms with Crippen molar-refractivity contribution < 1.29 is 27.8 Å². The molecule has 2 atom stereocenters. The van der Waals surface area contributed by atoms with E-state index in [9.17, 15) is 23.1 Å². The lowest BCUT2D eigenvalue weighted by atomic mass is 9.72. The third-order valence-corrected chi connectivity index (χ3v) is 5.55. The van der Waals surface area contributed by atoms with Gasteiger partial charge in [-0.3, -0.25) is 4.79 Å². The molecule has 146 valence electrons. The Morgan fingerprint density at radius 3 is 2.67 bits per heavy atom. The summed E-state index contributed by atoms with van der Waals surface area (Å²) in [5, 5.41) is 19.0. The number of aliphatic hydroxyl groups is 1. The maximum Gasteiger partial charge on any atom is 0.416 e. The van der Waals surface area contributed by atoms with E-state index in [0.29, 0.717) is 5.56 Å². The maximum atomic E-state index is 13.4. The van der Waals surface area contributed by atoms with Crippen molar-refractivity contribution in [3.63, 3.8) is 0 Å². The third-order valence-electron chi connectivity index (χ3n) is 5.55. The lowest BCUT2D eigenvalue weighted by Gasteiger charge is -2.39. The second kappa shape index (κ2) is 7.49. The van der Waals surface area contributed by atoms with E-state index >= 15 is 0 Å². The molecule has 0 saturated carbocycles. The van der Waals surface area contributed by atoms with E-state index in [-0.39, 0.29) is 57.4 Å². The summed E-state index contributed by atoms with van der Waals surface area (Å²) in [7, 11) is 0. The summed E-state index contributed by atoms with van der Waals surface area (Å²) in [6.07, 6.45) is -4.60. The van der Waals surface area contributed by atoms with Crippen LogP contribution in [0.1, 0.15) is 30.4 Å². The van der Waals surface area contributed by atoms with Crippen LogP contribution in [0.2, 0.25) is 0 Å². The van der Waals surface area contributed by atoms with Gasteiger partial charge in [0.2, 0.25) is 5.91 Å². The Balaban J connectivity index is 1.94. The highest BCUT2D eigenvalue weighted by atomic mass is 19.4. The first kappa shape index (κ1) is 19.6. The summed E-state index contributed by atoms with van der Waals surface area (Å²) >= 11 is 0. The molecule has 2 aliphatic rings. The van der Waals surface area contributed by atoms with E-state index < -0.39 is 23.3 Å². The van der Waals surface area contributed by atoms with E-state index in [2.05, 4.69) is 0 Å². The molecule has 2 aliphatic heterocycles. The summed E-state index contributed by atoms with van der Waals surface area (Å²) < 4.78 is 44.8. The molecule has 27 heavy (non-hydrogen) atoms. The lowest BCUT2D eigenvalue weighted by Crippen LogP contribution is -2.49. The SMILES string of the molecule is N#CC[C@@H]1CN(C(=O)C2(c3cccc(C(F)(F)F)c3)CCOCC2)C[C@H]1O. The van der Waals surface area contributed by atoms with Gasteiger partial charge in [0.1, 0.15) is 0 Å². The highest BCUT2D eigenvalue weighted by molar-refractivity contribution is 5.89. The molecule has 0 spiro atoms. The maximum absolute atomic E-state index is 13.4. The van der Waals surface area contributed by atoms with Crippen LogP contribution in [0, 0.1) is 17.2 Å². The van der Waals surface area contributed by atoms with Crippen LogP contribution in [0.25, 0.3) is 0 Å².